The molecule has 1 aromatic heterocycles. The van der Waals surface area contributed by atoms with Crippen molar-refractivity contribution in [1.82, 2.24) is 15.0 Å². The molecule has 0 bridgehead atoms. The molecular weight excluding hydrogens is 287 g/mol. The third-order valence-corrected chi connectivity index (χ3v) is 2.64. The zero-order valence-corrected chi connectivity index (χ0v) is 11.1. The lowest BCUT2D eigenvalue weighted by Crippen LogP contribution is -2.17. The molecule has 1 heterocycles. The number of aryl methyl sites for hydroxylation is 1. The monoisotopic (exact) mass is 299 g/mol. The highest BCUT2D eigenvalue weighted by molar-refractivity contribution is 6.07. The van der Waals surface area contributed by atoms with Gasteiger partial charge in [0.1, 0.15) is 11.4 Å². The Morgan fingerprint density at radius 1 is 1.29 bits per heavy atom. The first-order valence-corrected chi connectivity index (χ1v) is 6.19. The SMILES string of the molecule is CCCn1nncc1C(=O)c1ccc(OC(F)(F)F)cc1. The second kappa shape index (κ2) is 5.94. The first-order chi connectivity index (χ1) is 9.90. The molecule has 8 heteroatoms. The van der Waals surface area contributed by atoms with Gasteiger partial charge in [0.05, 0.1) is 6.20 Å². The van der Waals surface area contributed by atoms with Crippen LogP contribution in [0.3, 0.4) is 0 Å². The lowest BCUT2D eigenvalue weighted by atomic mass is 10.1. The van der Waals surface area contributed by atoms with Gasteiger partial charge in [-0.25, -0.2) is 4.68 Å². The number of halogens is 3. The van der Waals surface area contributed by atoms with Gasteiger partial charge in [-0.2, -0.15) is 0 Å². The van der Waals surface area contributed by atoms with E-state index in [2.05, 4.69) is 15.0 Å². The summed E-state index contributed by atoms with van der Waals surface area (Å²) < 4.78 is 41.4. The molecular formula is C13H12F3N3O2. The molecule has 0 unspecified atom stereocenters. The number of rotatable bonds is 5. The van der Waals surface area contributed by atoms with E-state index < -0.39 is 6.36 Å². The van der Waals surface area contributed by atoms with Crippen LogP contribution in [-0.4, -0.2) is 27.1 Å². The van der Waals surface area contributed by atoms with Crippen LogP contribution < -0.4 is 4.74 Å². The molecule has 0 N–H and O–H groups in total. The van der Waals surface area contributed by atoms with Crippen LogP contribution in [0.5, 0.6) is 5.75 Å². The summed E-state index contributed by atoms with van der Waals surface area (Å²) in [6.45, 7) is 2.47. The van der Waals surface area contributed by atoms with Gasteiger partial charge in [0.25, 0.3) is 0 Å². The zero-order chi connectivity index (χ0) is 15.5. The van der Waals surface area contributed by atoms with Gasteiger partial charge in [-0.1, -0.05) is 12.1 Å². The van der Waals surface area contributed by atoms with E-state index in [1.165, 1.54) is 23.0 Å². The minimum atomic E-state index is -4.75. The quantitative estimate of drug-likeness (QED) is 0.797. The summed E-state index contributed by atoms with van der Waals surface area (Å²) in [5.74, 6) is -0.730. The molecule has 0 radical (unpaired) electrons. The van der Waals surface area contributed by atoms with Gasteiger partial charge in [-0.05, 0) is 30.7 Å². The smallest absolute Gasteiger partial charge is 0.406 e. The molecule has 112 valence electrons. The molecule has 0 saturated carbocycles. The fourth-order valence-electron chi connectivity index (χ4n) is 1.77. The summed E-state index contributed by atoms with van der Waals surface area (Å²) in [5, 5.41) is 7.46. The van der Waals surface area contributed by atoms with Crippen molar-refractivity contribution in [3.8, 4) is 5.75 Å². The summed E-state index contributed by atoms with van der Waals surface area (Å²) in [6.07, 6.45) is -2.64. The molecule has 0 atom stereocenters. The van der Waals surface area contributed by atoms with Crippen molar-refractivity contribution in [1.29, 1.82) is 0 Å². The van der Waals surface area contributed by atoms with Crippen LogP contribution in [-0.2, 0) is 6.54 Å². The van der Waals surface area contributed by atoms with Crippen molar-refractivity contribution < 1.29 is 22.7 Å². The van der Waals surface area contributed by atoms with E-state index in [4.69, 9.17) is 0 Å². The van der Waals surface area contributed by atoms with Gasteiger partial charge in [0, 0.05) is 12.1 Å². The Kier molecular flexibility index (Phi) is 4.25. The second-order valence-electron chi connectivity index (χ2n) is 4.24. The van der Waals surface area contributed by atoms with E-state index >= 15 is 0 Å². The van der Waals surface area contributed by atoms with Crippen molar-refractivity contribution in [3.05, 3.63) is 41.7 Å². The topological polar surface area (TPSA) is 57.0 Å². The molecule has 0 aliphatic heterocycles. The zero-order valence-electron chi connectivity index (χ0n) is 11.1. The number of ether oxygens (including phenoxy) is 1. The molecule has 0 aliphatic carbocycles. The number of hydrogen-bond acceptors (Lipinski definition) is 4. The highest BCUT2D eigenvalue weighted by Crippen LogP contribution is 2.23. The molecule has 5 nitrogen and oxygen atoms in total. The van der Waals surface area contributed by atoms with Crippen molar-refractivity contribution in [2.24, 2.45) is 0 Å². The first kappa shape index (κ1) is 15.0. The van der Waals surface area contributed by atoms with Gasteiger partial charge < -0.3 is 4.74 Å². The minimum Gasteiger partial charge on any atom is -0.406 e. The summed E-state index contributed by atoms with van der Waals surface area (Å²) in [7, 11) is 0. The third-order valence-electron chi connectivity index (χ3n) is 2.64. The number of nitrogens with zero attached hydrogens (tertiary/aromatic N) is 3. The van der Waals surface area contributed by atoms with Gasteiger partial charge in [0.15, 0.2) is 0 Å². The highest BCUT2D eigenvalue weighted by atomic mass is 19.4. The van der Waals surface area contributed by atoms with Crippen LogP contribution in [0.25, 0.3) is 0 Å². The standard InChI is InChI=1S/C13H12F3N3O2/c1-2-7-19-11(8-17-18-19)12(20)9-3-5-10(6-4-9)21-13(14,15)16/h3-6,8H,2,7H2,1H3. The number of carbonyl (C=O) groups excluding carboxylic acids is 1. The Labute approximate surface area is 118 Å². The van der Waals surface area contributed by atoms with Crippen LogP contribution in [0.1, 0.15) is 29.4 Å². The fourth-order valence-corrected chi connectivity index (χ4v) is 1.77. The van der Waals surface area contributed by atoms with Crippen molar-refractivity contribution in [2.45, 2.75) is 26.3 Å². The largest absolute Gasteiger partial charge is 0.573 e. The molecule has 1 aromatic carbocycles. The van der Waals surface area contributed by atoms with Crippen LogP contribution in [0.4, 0.5) is 13.2 Å². The predicted octanol–water partition coefficient (Wildman–Crippen LogP) is 2.82. The first-order valence-electron chi connectivity index (χ1n) is 6.19. The number of hydrogen-bond donors (Lipinski definition) is 0. The van der Waals surface area contributed by atoms with E-state index in [0.717, 1.165) is 18.6 Å². The molecule has 0 aliphatic rings. The Morgan fingerprint density at radius 3 is 2.52 bits per heavy atom. The summed E-state index contributed by atoms with van der Waals surface area (Å²) >= 11 is 0. The Morgan fingerprint density at radius 2 is 1.95 bits per heavy atom. The van der Waals surface area contributed by atoms with Crippen LogP contribution in [0.15, 0.2) is 30.5 Å². The maximum Gasteiger partial charge on any atom is 0.573 e. The molecule has 2 aromatic rings. The lowest BCUT2D eigenvalue weighted by Gasteiger charge is -2.09. The number of alkyl halides is 3. The maximum atomic E-state index is 12.2. The van der Waals surface area contributed by atoms with Crippen LogP contribution in [0.2, 0.25) is 0 Å². The van der Waals surface area contributed by atoms with Gasteiger partial charge in [0.2, 0.25) is 5.78 Å². The average molecular weight is 299 g/mol. The fraction of sp³-hybridized carbons (Fsp3) is 0.308. The van der Waals surface area contributed by atoms with Crippen molar-refractivity contribution >= 4 is 5.78 Å². The molecule has 2 rings (SSSR count). The summed E-state index contributed by atoms with van der Waals surface area (Å²) in [4.78, 5) is 12.2. The molecule has 21 heavy (non-hydrogen) atoms. The van der Waals surface area contributed by atoms with E-state index in [1.807, 2.05) is 6.92 Å². The molecule has 0 amide bonds. The Hall–Kier alpha value is -2.38. The lowest BCUT2D eigenvalue weighted by molar-refractivity contribution is -0.274. The minimum absolute atomic E-state index is 0.240. The summed E-state index contributed by atoms with van der Waals surface area (Å²) in [5.41, 5.74) is 0.533. The molecule has 0 saturated heterocycles. The highest BCUT2D eigenvalue weighted by Gasteiger charge is 2.31. The van der Waals surface area contributed by atoms with Crippen molar-refractivity contribution in [3.63, 3.8) is 0 Å². The van der Waals surface area contributed by atoms with Crippen LogP contribution in [0, 0.1) is 0 Å². The van der Waals surface area contributed by atoms with Crippen LogP contribution >= 0.6 is 0 Å². The normalized spacial score (nSPS) is 11.4. The van der Waals surface area contributed by atoms with E-state index in [0.29, 0.717) is 12.2 Å². The van der Waals surface area contributed by atoms with E-state index in [9.17, 15) is 18.0 Å². The average Bonchev–Trinajstić information content (AvgIpc) is 2.86. The predicted molar refractivity (Wildman–Crippen MR) is 66.9 cm³/mol. The molecule has 0 fully saturated rings. The Balaban J connectivity index is 2.18. The number of aromatic nitrogens is 3. The number of benzene rings is 1. The van der Waals surface area contributed by atoms with Gasteiger partial charge >= 0.3 is 6.36 Å². The van der Waals surface area contributed by atoms with E-state index in [-0.39, 0.29) is 17.1 Å². The number of ketones is 1. The van der Waals surface area contributed by atoms with Gasteiger partial charge in [-0.15, -0.1) is 18.3 Å². The molecule has 0 spiro atoms. The Bertz CT molecular complexity index is 620. The van der Waals surface area contributed by atoms with Crippen molar-refractivity contribution in [2.75, 3.05) is 0 Å². The van der Waals surface area contributed by atoms with E-state index in [1.54, 1.807) is 0 Å². The van der Waals surface area contributed by atoms with Gasteiger partial charge in [-0.3, -0.25) is 4.79 Å². The second-order valence-corrected chi connectivity index (χ2v) is 4.24. The summed E-state index contributed by atoms with van der Waals surface area (Å²) in [6, 6.07) is 4.72. The maximum absolute atomic E-state index is 12.2. The third kappa shape index (κ3) is 3.80. The number of carbonyl (C=O) groups is 1.